The van der Waals surface area contributed by atoms with Gasteiger partial charge in [-0.3, -0.25) is 0 Å². The summed E-state index contributed by atoms with van der Waals surface area (Å²) >= 11 is 6.49. The molecule has 2 unspecified atom stereocenters. The summed E-state index contributed by atoms with van der Waals surface area (Å²) in [6.07, 6.45) is 3.93. The van der Waals surface area contributed by atoms with Gasteiger partial charge in [0.2, 0.25) is 5.95 Å². The van der Waals surface area contributed by atoms with Gasteiger partial charge in [-0.2, -0.15) is 0 Å². The van der Waals surface area contributed by atoms with Crippen molar-refractivity contribution in [3.05, 3.63) is 47.3 Å². The number of rotatable bonds is 5. The Labute approximate surface area is 172 Å². The second-order valence-electron chi connectivity index (χ2n) is 7.51. The van der Waals surface area contributed by atoms with Crippen molar-refractivity contribution in [1.29, 1.82) is 0 Å². The highest BCUT2D eigenvalue weighted by molar-refractivity contribution is 7.91. The van der Waals surface area contributed by atoms with Gasteiger partial charge in [-0.15, -0.1) is 11.6 Å². The minimum Gasteiger partial charge on any atom is -0.324 e. The molecule has 1 aliphatic rings. The zero-order valence-corrected chi connectivity index (χ0v) is 18.4. The molecular weight excluding hydrogens is 394 g/mol. The number of sulfone groups is 1. The van der Waals surface area contributed by atoms with Crippen LogP contribution in [0, 0.1) is 12.8 Å². The summed E-state index contributed by atoms with van der Waals surface area (Å²) in [5.74, 6) is 1.01. The van der Waals surface area contributed by atoms with Gasteiger partial charge in [0.25, 0.3) is 0 Å². The van der Waals surface area contributed by atoms with E-state index in [0.717, 1.165) is 28.1 Å². The Morgan fingerprint density at radius 2 is 2.00 bits per heavy atom. The van der Waals surface area contributed by atoms with E-state index in [-0.39, 0.29) is 17.0 Å². The molecule has 1 heterocycles. The Balaban J connectivity index is 1.96. The van der Waals surface area contributed by atoms with Crippen LogP contribution >= 0.6 is 11.6 Å². The fourth-order valence-electron chi connectivity index (χ4n) is 3.31. The van der Waals surface area contributed by atoms with Crippen molar-refractivity contribution < 1.29 is 8.42 Å². The lowest BCUT2D eigenvalue weighted by Crippen LogP contribution is -2.19. The average Bonchev–Trinajstić information content (AvgIpc) is 2.65. The third-order valence-electron chi connectivity index (χ3n) is 5.20. The number of fused-ring (bicyclic) bond motifs is 1. The molecule has 150 valence electrons. The number of nitrogens with zero attached hydrogens (tertiary/aromatic N) is 2. The van der Waals surface area contributed by atoms with Crippen LogP contribution in [-0.2, 0) is 9.84 Å². The number of hydrogen-bond acceptors (Lipinski definition) is 5. The molecule has 5 nitrogen and oxygen atoms in total. The Hall–Kier alpha value is -1.92. The van der Waals surface area contributed by atoms with Gasteiger partial charge in [0, 0.05) is 23.4 Å². The van der Waals surface area contributed by atoms with Gasteiger partial charge >= 0.3 is 0 Å². The molecule has 28 heavy (non-hydrogen) atoms. The predicted molar refractivity (Wildman–Crippen MR) is 115 cm³/mol. The fraction of sp³-hybridized carbons (Fsp3) is 0.429. The van der Waals surface area contributed by atoms with E-state index in [0.29, 0.717) is 16.8 Å². The summed E-state index contributed by atoms with van der Waals surface area (Å²) < 4.78 is 24.2. The van der Waals surface area contributed by atoms with Gasteiger partial charge in [-0.1, -0.05) is 33.8 Å². The van der Waals surface area contributed by atoms with Crippen molar-refractivity contribution in [1.82, 2.24) is 9.97 Å². The van der Waals surface area contributed by atoms with Gasteiger partial charge in [0.15, 0.2) is 9.84 Å². The molecule has 3 rings (SSSR count). The molecule has 0 radical (unpaired) electrons. The largest absolute Gasteiger partial charge is 0.324 e. The lowest BCUT2D eigenvalue weighted by atomic mass is 9.84. The summed E-state index contributed by atoms with van der Waals surface area (Å²) in [6.45, 7) is 9.85. The summed E-state index contributed by atoms with van der Waals surface area (Å²) in [5, 5.41) is 3.16. The topological polar surface area (TPSA) is 72.0 Å². The van der Waals surface area contributed by atoms with E-state index >= 15 is 0 Å². The second kappa shape index (κ2) is 7.84. The van der Waals surface area contributed by atoms with Crippen LogP contribution in [0.5, 0.6) is 0 Å². The number of nitrogens with one attached hydrogen (secondary N) is 1. The van der Waals surface area contributed by atoms with Crippen LogP contribution in [0.3, 0.4) is 0 Å². The molecule has 0 amide bonds. The quantitative estimate of drug-likeness (QED) is 0.683. The Morgan fingerprint density at radius 3 is 2.61 bits per heavy atom. The molecule has 1 aliphatic carbocycles. The van der Waals surface area contributed by atoms with E-state index < -0.39 is 9.84 Å². The zero-order valence-electron chi connectivity index (χ0n) is 16.8. The van der Waals surface area contributed by atoms with E-state index in [9.17, 15) is 8.42 Å². The molecule has 0 bridgehead atoms. The van der Waals surface area contributed by atoms with E-state index in [2.05, 4.69) is 37.1 Å². The van der Waals surface area contributed by atoms with Gasteiger partial charge in [-0.05, 0) is 42.2 Å². The van der Waals surface area contributed by atoms with Crippen LogP contribution in [0.1, 0.15) is 50.4 Å². The van der Waals surface area contributed by atoms with E-state index in [1.54, 1.807) is 25.1 Å². The molecule has 1 aromatic carbocycles. The molecule has 0 aliphatic heterocycles. The number of hydrogen-bond donors (Lipinski definition) is 1. The number of aryl methyl sites for hydroxylation is 1. The third-order valence-corrected chi connectivity index (χ3v) is 7.44. The first-order valence-corrected chi connectivity index (χ1v) is 11.6. The molecule has 0 fully saturated rings. The van der Waals surface area contributed by atoms with Crippen molar-refractivity contribution in [2.24, 2.45) is 5.92 Å². The molecule has 0 spiro atoms. The van der Waals surface area contributed by atoms with Gasteiger partial charge < -0.3 is 5.32 Å². The molecular formula is C21H26ClN3O2S. The van der Waals surface area contributed by atoms with Gasteiger partial charge in [-0.25, -0.2) is 18.4 Å². The van der Waals surface area contributed by atoms with E-state index in [4.69, 9.17) is 16.6 Å². The monoisotopic (exact) mass is 419 g/mol. The molecule has 1 N–H and O–H groups in total. The average molecular weight is 420 g/mol. The van der Waals surface area contributed by atoms with Crippen molar-refractivity contribution in [2.75, 3.05) is 11.1 Å². The first-order valence-electron chi connectivity index (χ1n) is 9.47. The van der Waals surface area contributed by atoms with Gasteiger partial charge in [0.1, 0.15) is 0 Å². The van der Waals surface area contributed by atoms with Crippen molar-refractivity contribution >= 4 is 38.6 Å². The summed E-state index contributed by atoms with van der Waals surface area (Å²) in [5.41, 5.74) is 4.71. The predicted octanol–water partition coefficient (Wildman–Crippen LogP) is 5.09. The number of allylic oxidation sites excluding steroid dienone is 2. The highest BCUT2D eigenvalue weighted by Crippen LogP contribution is 2.39. The highest BCUT2D eigenvalue weighted by Gasteiger charge is 2.28. The van der Waals surface area contributed by atoms with E-state index in [1.807, 2.05) is 13.1 Å². The van der Waals surface area contributed by atoms with Crippen molar-refractivity contribution in [2.45, 2.75) is 50.8 Å². The Bertz CT molecular complexity index is 1030. The lowest BCUT2D eigenvalue weighted by Gasteiger charge is -2.27. The normalized spacial score (nSPS) is 19.3. The van der Waals surface area contributed by atoms with Crippen LogP contribution < -0.4 is 5.32 Å². The minimum atomic E-state index is -3.23. The van der Waals surface area contributed by atoms with Crippen LogP contribution in [0.25, 0.3) is 5.57 Å². The summed E-state index contributed by atoms with van der Waals surface area (Å²) in [7, 11) is -3.23. The first kappa shape index (κ1) is 20.8. The molecule has 0 saturated heterocycles. The Kier molecular flexibility index (Phi) is 5.82. The third kappa shape index (κ3) is 3.94. The first-order chi connectivity index (χ1) is 13.1. The maximum atomic E-state index is 12.1. The zero-order chi connectivity index (χ0) is 20.6. The number of anilines is 2. The fourth-order valence-corrected chi connectivity index (χ4v) is 4.54. The minimum absolute atomic E-state index is 0.0670. The standard InChI is InChI=1S/C21H26ClN3O2S/c1-6-28(26,27)15-7-8-19(13(4)9-15)24-21-23-11-17-14(5)18(22)10-16(12(2)3)20(17)25-21/h7-12,14,18H,6H2,1-5H3,(H,23,24,25). The molecule has 1 aromatic heterocycles. The molecule has 2 atom stereocenters. The smallest absolute Gasteiger partial charge is 0.227 e. The maximum absolute atomic E-state index is 12.1. The number of benzene rings is 1. The van der Waals surface area contributed by atoms with Crippen LogP contribution in [-0.4, -0.2) is 29.5 Å². The summed E-state index contributed by atoms with van der Waals surface area (Å²) in [4.78, 5) is 9.56. The number of alkyl halides is 1. The van der Waals surface area contributed by atoms with Crippen LogP contribution in [0.2, 0.25) is 0 Å². The Morgan fingerprint density at radius 1 is 1.29 bits per heavy atom. The lowest BCUT2D eigenvalue weighted by molar-refractivity contribution is 0.597. The number of aromatic nitrogens is 2. The second-order valence-corrected chi connectivity index (χ2v) is 10.3. The summed E-state index contributed by atoms with van der Waals surface area (Å²) in [6, 6.07) is 5.06. The highest BCUT2D eigenvalue weighted by atomic mass is 35.5. The van der Waals surface area contributed by atoms with Crippen LogP contribution in [0.15, 0.2) is 35.4 Å². The SMILES string of the molecule is CCS(=O)(=O)c1ccc(Nc2ncc3c(n2)C(C(C)C)=CC(Cl)C3C)c(C)c1. The van der Waals surface area contributed by atoms with Gasteiger partial charge in [0.05, 0.1) is 21.7 Å². The molecule has 0 saturated carbocycles. The molecule has 7 heteroatoms. The molecule has 2 aromatic rings. The van der Waals surface area contributed by atoms with Crippen molar-refractivity contribution in [3.8, 4) is 0 Å². The maximum Gasteiger partial charge on any atom is 0.227 e. The van der Waals surface area contributed by atoms with E-state index in [1.165, 1.54) is 0 Å². The van der Waals surface area contributed by atoms with Crippen molar-refractivity contribution in [3.63, 3.8) is 0 Å². The van der Waals surface area contributed by atoms with Crippen LogP contribution in [0.4, 0.5) is 11.6 Å². The number of halogens is 1.